The average molecular weight is 251 g/mol. The highest BCUT2D eigenvalue weighted by molar-refractivity contribution is 7.11. The fraction of sp³-hybridized carbons (Fsp3) is 0.364. The number of amides is 1. The Bertz CT molecular complexity index is 505. The van der Waals surface area contributed by atoms with Crippen molar-refractivity contribution in [2.45, 2.75) is 26.8 Å². The third-order valence-electron chi connectivity index (χ3n) is 2.29. The molecule has 90 valence electrons. The maximum absolute atomic E-state index is 11.6. The molecule has 0 unspecified atom stereocenters. The van der Waals surface area contributed by atoms with E-state index in [2.05, 4.69) is 22.4 Å². The summed E-state index contributed by atoms with van der Waals surface area (Å²) in [5.41, 5.74) is 1.05. The van der Waals surface area contributed by atoms with Crippen LogP contribution in [0.5, 0.6) is 0 Å². The van der Waals surface area contributed by atoms with E-state index in [0.29, 0.717) is 6.54 Å². The number of rotatable bonds is 4. The van der Waals surface area contributed by atoms with Crippen molar-refractivity contribution in [3.63, 3.8) is 0 Å². The number of aryl methyl sites for hydroxylation is 2. The van der Waals surface area contributed by atoms with Crippen LogP contribution in [0.25, 0.3) is 0 Å². The fourth-order valence-electron chi connectivity index (χ4n) is 1.51. The minimum Gasteiger partial charge on any atom is -0.351 e. The molecule has 2 heterocycles. The van der Waals surface area contributed by atoms with Crippen LogP contribution in [0.4, 0.5) is 0 Å². The van der Waals surface area contributed by atoms with Crippen molar-refractivity contribution in [3.8, 4) is 0 Å². The number of hydrogen-bond acceptors (Lipinski definition) is 5. The molecular weight excluding hydrogens is 238 g/mol. The molecule has 6 heteroatoms. The fourth-order valence-corrected chi connectivity index (χ4v) is 2.47. The number of carbonyl (C=O) groups is 1. The van der Waals surface area contributed by atoms with Crippen molar-refractivity contribution in [3.05, 3.63) is 33.6 Å². The molecule has 2 rings (SSSR count). The summed E-state index contributed by atoms with van der Waals surface area (Å²) in [5.74, 6) is -0.0279. The van der Waals surface area contributed by atoms with Crippen LogP contribution in [-0.4, -0.2) is 16.0 Å². The predicted octanol–water partition coefficient (Wildman–Crippen LogP) is 1.93. The molecule has 0 fully saturated rings. The largest absolute Gasteiger partial charge is 0.351 e. The molecule has 2 aromatic heterocycles. The number of carbonyl (C=O) groups excluding carboxylic acids is 1. The van der Waals surface area contributed by atoms with Gasteiger partial charge in [0.25, 0.3) is 5.91 Å². The van der Waals surface area contributed by atoms with Gasteiger partial charge in [-0.15, -0.1) is 11.3 Å². The van der Waals surface area contributed by atoms with Crippen LogP contribution in [0.15, 0.2) is 16.8 Å². The zero-order valence-electron chi connectivity index (χ0n) is 9.69. The second-order valence-electron chi connectivity index (χ2n) is 3.52. The van der Waals surface area contributed by atoms with Gasteiger partial charge < -0.3 is 9.84 Å². The quantitative estimate of drug-likeness (QED) is 0.901. The van der Waals surface area contributed by atoms with Gasteiger partial charge in [-0.2, -0.15) is 0 Å². The summed E-state index contributed by atoms with van der Waals surface area (Å²) in [7, 11) is 0. The van der Waals surface area contributed by atoms with Gasteiger partial charge in [-0.25, -0.2) is 4.98 Å². The summed E-state index contributed by atoms with van der Waals surface area (Å²) in [4.78, 5) is 17.1. The molecule has 0 saturated carbocycles. The molecule has 0 bridgehead atoms. The Balaban J connectivity index is 2.00. The number of aromatic nitrogens is 2. The van der Waals surface area contributed by atoms with Crippen molar-refractivity contribution in [1.29, 1.82) is 0 Å². The summed E-state index contributed by atoms with van der Waals surface area (Å²) in [5, 5.41) is 7.30. The Labute approximate surface area is 103 Å². The molecule has 2 aromatic rings. The van der Waals surface area contributed by atoms with Crippen LogP contribution >= 0.6 is 11.3 Å². The Morgan fingerprint density at radius 2 is 2.41 bits per heavy atom. The number of nitrogens with one attached hydrogen (secondary N) is 1. The van der Waals surface area contributed by atoms with E-state index >= 15 is 0 Å². The Kier molecular flexibility index (Phi) is 3.53. The minimum atomic E-state index is -0.254. The van der Waals surface area contributed by atoms with E-state index in [0.717, 1.165) is 22.0 Å². The van der Waals surface area contributed by atoms with Gasteiger partial charge in [0.05, 0.1) is 23.4 Å². The predicted molar refractivity (Wildman–Crippen MR) is 63.9 cm³/mol. The van der Waals surface area contributed by atoms with Crippen LogP contribution < -0.4 is 5.32 Å². The van der Waals surface area contributed by atoms with Crippen LogP contribution in [-0.2, 0) is 13.0 Å². The van der Waals surface area contributed by atoms with Gasteiger partial charge in [0.2, 0.25) is 5.76 Å². The monoisotopic (exact) mass is 251 g/mol. The molecule has 0 radical (unpaired) electrons. The Morgan fingerprint density at radius 1 is 1.59 bits per heavy atom. The SMILES string of the molecule is CCc1nc(C)sc1CNC(=O)c1ccno1. The van der Waals surface area contributed by atoms with E-state index in [9.17, 15) is 4.79 Å². The van der Waals surface area contributed by atoms with Gasteiger partial charge >= 0.3 is 0 Å². The minimum absolute atomic E-state index is 0.226. The van der Waals surface area contributed by atoms with E-state index in [1.807, 2.05) is 6.92 Å². The zero-order valence-corrected chi connectivity index (χ0v) is 10.5. The van der Waals surface area contributed by atoms with E-state index in [-0.39, 0.29) is 11.7 Å². The number of nitrogens with zero attached hydrogens (tertiary/aromatic N) is 2. The highest BCUT2D eigenvalue weighted by Crippen LogP contribution is 2.18. The molecule has 0 saturated heterocycles. The van der Waals surface area contributed by atoms with Gasteiger partial charge in [0.1, 0.15) is 0 Å². The second kappa shape index (κ2) is 5.09. The topological polar surface area (TPSA) is 68.0 Å². The molecule has 1 N–H and O–H groups in total. The van der Waals surface area contributed by atoms with Crippen LogP contribution in [0.3, 0.4) is 0 Å². The Morgan fingerprint density at radius 3 is 3.06 bits per heavy atom. The van der Waals surface area contributed by atoms with Gasteiger partial charge in [0.15, 0.2) is 0 Å². The summed E-state index contributed by atoms with van der Waals surface area (Å²) < 4.78 is 4.77. The number of hydrogen-bond donors (Lipinski definition) is 1. The smallest absolute Gasteiger partial charge is 0.290 e. The molecular formula is C11H13N3O2S. The molecule has 1 amide bonds. The lowest BCUT2D eigenvalue weighted by atomic mass is 10.3. The van der Waals surface area contributed by atoms with Crippen molar-refractivity contribution >= 4 is 17.2 Å². The normalized spacial score (nSPS) is 10.5. The summed E-state index contributed by atoms with van der Waals surface area (Å²) >= 11 is 1.61. The molecule has 0 aliphatic carbocycles. The third kappa shape index (κ3) is 2.71. The molecule has 0 aliphatic heterocycles. The maximum Gasteiger partial charge on any atom is 0.290 e. The highest BCUT2D eigenvalue weighted by atomic mass is 32.1. The molecule has 17 heavy (non-hydrogen) atoms. The Hall–Kier alpha value is -1.69. The van der Waals surface area contributed by atoms with Gasteiger partial charge in [0, 0.05) is 10.9 Å². The first kappa shape index (κ1) is 11.8. The van der Waals surface area contributed by atoms with Crippen molar-refractivity contribution in [1.82, 2.24) is 15.5 Å². The van der Waals surface area contributed by atoms with Crippen LogP contribution in [0.1, 0.15) is 33.1 Å². The lowest BCUT2D eigenvalue weighted by Crippen LogP contribution is -2.22. The maximum atomic E-state index is 11.6. The second-order valence-corrected chi connectivity index (χ2v) is 4.80. The van der Waals surface area contributed by atoms with Crippen molar-refractivity contribution in [2.24, 2.45) is 0 Å². The van der Waals surface area contributed by atoms with Gasteiger partial charge in [-0.1, -0.05) is 12.1 Å². The molecule has 0 aliphatic rings. The summed E-state index contributed by atoms with van der Waals surface area (Å²) in [6, 6.07) is 1.54. The molecule has 0 aromatic carbocycles. The van der Waals surface area contributed by atoms with Crippen molar-refractivity contribution < 1.29 is 9.32 Å². The van der Waals surface area contributed by atoms with Crippen molar-refractivity contribution in [2.75, 3.05) is 0 Å². The molecule has 0 spiro atoms. The lowest BCUT2D eigenvalue weighted by Gasteiger charge is -2.01. The lowest BCUT2D eigenvalue weighted by molar-refractivity contribution is 0.0914. The number of thiazole rings is 1. The standard InChI is InChI=1S/C11H13N3O2S/c1-3-8-10(17-7(2)14-8)6-12-11(15)9-4-5-13-16-9/h4-5H,3,6H2,1-2H3,(H,12,15). The highest BCUT2D eigenvalue weighted by Gasteiger charge is 2.12. The van der Waals surface area contributed by atoms with E-state index in [1.54, 1.807) is 11.3 Å². The van der Waals surface area contributed by atoms with E-state index < -0.39 is 0 Å². The van der Waals surface area contributed by atoms with E-state index in [4.69, 9.17) is 4.52 Å². The summed E-state index contributed by atoms with van der Waals surface area (Å²) in [6.07, 6.45) is 2.32. The first-order valence-corrected chi connectivity index (χ1v) is 6.16. The first-order valence-electron chi connectivity index (χ1n) is 5.34. The van der Waals surface area contributed by atoms with Crippen LogP contribution in [0, 0.1) is 6.92 Å². The van der Waals surface area contributed by atoms with Crippen LogP contribution in [0.2, 0.25) is 0 Å². The zero-order chi connectivity index (χ0) is 12.3. The summed E-state index contributed by atoms with van der Waals surface area (Å²) in [6.45, 7) is 4.50. The molecule has 0 atom stereocenters. The van der Waals surface area contributed by atoms with E-state index in [1.165, 1.54) is 12.3 Å². The van der Waals surface area contributed by atoms with Gasteiger partial charge in [-0.05, 0) is 13.3 Å². The third-order valence-corrected chi connectivity index (χ3v) is 3.30. The molecule has 5 nitrogen and oxygen atoms in total. The average Bonchev–Trinajstić information content (AvgIpc) is 2.94. The first-order chi connectivity index (χ1) is 8.20. The van der Waals surface area contributed by atoms with Gasteiger partial charge in [-0.3, -0.25) is 4.79 Å².